The van der Waals surface area contributed by atoms with E-state index in [1.807, 2.05) is 19.9 Å². The van der Waals surface area contributed by atoms with Crippen LogP contribution in [-0.2, 0) is 5.75 Å². The van der Waals surface area contributed by atoms with Gasteiger partial charge in [0.2, 0.25) is 0 Å². The summed E-state index contributed by atoms with van der Waals surface area (Å²) in [6, 6.07) is 6.14. The number of hydrogen-bond donors (Lipinski definition) is 1. The van der Waals surface area contributed by atoms with E-state index < -0.39 is 0 Å². The molecule has 17 heavy (non-hydrogen) atoms. The minimum Gasteiger partial charge on any atom is -0.375 e. The molecule has 0 amide bonds. The summed E-state index contributed by atoms with van der Waals surface area (Å²) in [4.78, 5) is 4.20. The van der Waals surface area contributed by atoms with Crippen LogP contribution in [0.5, 0.6) is 0 Å². The maximum Gasteiger partial charge on any atom is 0.181 e. The van der Waals surface area contributed by atoms with Gasteiger partial charge in [-0.15, -0.1) is 11.8 Å². The van der Waals surface area contributed by atoms with Gasteiger partial charge in [0.05, 0.1) is 9.90 Å². The summed E-state index contributed by atoms with van der Waals surface area (Å²) in [5.74, 6) is 0.849. The van der Waals surface area contributed by atoms with E-state index in [1.54, 1.807) is 11.8 Å². The van der Waals surface area contributed by atoms with Crippen molar-refractivity contribution in [2.75, 3.05) is 5.73 Å². The van der Waals surface area contributed by atoms with Crippen molar-refractivity contribution < 1.29 is 0 Å². The van der Waals surface area contributed by atoms with E-state index in [1.165, 1.54) is 21.1 Å². The van der Waals surface area contributed by atoms with Crippen LogP contribution in [0.25, 0.3) is 0 Å². The second kappa shape index (κ2) is 5.29. The Morgan fingerprint density at radius 3 is 2.76 bits per heavy atom. The normalized spacial score (nSPS) is 10.8. The number of rotatable bonds is 3. The number of benzene rings is 1. The minimum atomic E-state index is 0.625. The van der Waals surface area contributed by atoms with Crippen LogP contribution in [0, 0.1) is 13.8 Å². The van der Waals surface area contributed by atoms with Gasteiger partial charge in [-0.25, -0.2) is 4.98 Å². The Morgan fingerprint density at radius 2 is 2.18 bits per heavy atom. The Morgan fingerprint density at radius 1 is 1.41 bits per heavy atom. The maximum absolute atomic E-state index is 6.19. The molecule has 0 saturated heterocycles. The molecular formula is C12H13ClN2S2. The highest BCUT2D eigenvalue weighted by atomic mass is 35.5. The summed E-state index contributed by atoms with van der Waals surface area (Å²) in [6.45, 7) is 4.02. The molecule has 90 valence electrons. The molecule has 5 heteroatoms. The van der Waals surface area contributed by atoms with E-state index in [0.29, 0.717) is 5.13 Å². The van der Waals surface area contributed by atoms with Gasteiger partial charge in [-0.1, -0.05) is 35.1 Å². The van der Waals surface area contributed by atoms with Crippen molar-refractivity contribution in [1.82, 2.24) is 4.98 Å². The van der Waals surface area contributed by atoms with Gasteiger partial charge >= 0.3 is 0 Å². The smallest absolute Gasteiger partial charge is 0.181 e. The third-order valence-electron chi connectivity index (χ3n) is 2.34. The molecule has 0 saturated carbocycles. The van der Waals surface area contributed by atoms with Crippen molar-refractivity contribution in [3.63, 3.8) is 0 Å². The molecule has 0 spiro atoms. The van der Waals surface area contributed by atoms with Gasteiger partial charge in [0.25, 0.3) is 0 Å². The molecule has 0 atom stereocenters. The SMILES string of the molecule is Cc1ccc(CSc2sc(N)nc2C)c(Cl)c1. The van der Waals surface area contributed by atoms with Crippen LogP contribution >= 0.6 is 34.7 Å². The van der Waals surface area contributed by atoms with Crippen LogP contribution in [0.1, 0.15) is 16.8 Å². The van der Waals surface area contributed by atoms with Gasteiger partial charge in [-0.3, -0.25) is 0 Å². The highest BCUT2D eigenvalue weighted by Crippen LogP contribution is 2.34. The summed E-state index contributed by atoms with van der Waals surface area (Å²) in [6.07, 6.45) is 0. The van der Waals surface area contributed by atoms with Crippen LogP contribution in [0.4, 0.5) is 5.13 Å². The van der Waals surface area contributed by atoms with Gasteiger partial charge in [-0.2, -0.15) is 0 Å². The monoisotopic (exact) mass is 284 g/mol. The zero-order chi connectivity index (χ0) is 12.4. The molecule has 0 aliphatic carbocycles. The molecule has 2 aromatic rings. The molecule has 0 bridgehead atoms. The highest BCUT2D eigenvalue weighted by molar-refractivity contribution is 8.00. The Kier molecular flexibility index (Phi) is 3.97. The molecule has 1 aromatic heterocycles. The van der Waals surface area contributed by atoms with Crippen molar-refractivity contribution in [3.05, 3.63) is 40.0 Å². The number of nitrogens with two attached hydrogens (primary N) is 1. The average Bonchev–Trinajstić information content (AvgIpc) is 2.56. The minimum absolute atomic E-state index is 0.625. The fraction of sp³-hybridized carbons (Fsp3) is 0.250. The lowest BCUT2D eigenvalue weighted by Crippen LogP contribution is -1.84. The van der Waals surface area contributed by atoms with Crippen molar-refractivity contribution in [3.8, 4) is 0 Å². The Bertz CT molecular complexity index is 537. The van der Waals surface area contributed by atoms with Crippen LogP contribution in [-0.4, -0.2) is 4.98 Å². The number of aryl methyl sites for hydroxylation is 2. The van der Waals surface area contributed by atoms with E-state index in [9.17, 15) is 0 Å². The summed E-state index contributed by atoms with van der Waals surface area (Å²) in [7, 11) is 0. The number of thiazole rings is 1. The van der Waals surface area contributed by atoms with Crippen molar-refractivity contribution >= 4 is 39.8 Å². The molecule has 2 N–H and O–H groups in total. The number of thioether (sulfide) groups is 1. The van der Waals surface area contributed by atoms with Gasteiger partial charge in [0, 0.05) is 10.8 Å². The molecule has 1 aromatic carbocycles. The quantitative estimate of drug-likeness (QED) is 0.855. The third kappa shape index (κ3) is 3.15. The Labute approximate surface area is 114 Å². The lowest BCUT2D eigenvalue weighted by molar-refractivity contribution is 1.21. The zero-order valence-corrected chi connectivity index (χ0v) is 12.0. The number of nitrogens with zero attached hydrogens (tertiary/aromatic N) is 1. The first-order chi connectivity index (χ1) is 8.06. The largest absolute Gasteiger partial charge is 0.375 e. The van der Waals surface area contributed by atoms with Crippen LogP contribution in [0.2, 0.25) is 5.02 Å². The molecule has 1 heterocycles. The van der Waals surface area contributed by atoms with Gasteiger partial charge < -0.3 is 5.73 Å². The summed E-state index contributed by atoms with van der Waals surface area (Å²) in [5.41, 5.74) is 9.00. The number of hydrogen-bond acceptors (Lipinski definition) is 4. The maximum atomic E-state index is 6.19. The van der Waals surface area contributed by atoms with Gasteiger partial charge in [0.15, 0.2) is 5.13 Å². The molecular weight excluding hydrogens is 272 g/mol. The number of aromatic nitrogens is 1. The average molecular weight is 285 g/mol. The zero-order valence-electron chi connectivity index (χ0n) is 9.66. The Balaban J connectivity index is 2.10. The predicted molar refractivity (Wildman–Crippen MR) is 77.0 cm³/mol. The first-order valence-electron chi connectivity index (χ1n) is 5.17. The number of anilines is 1. The summed E-state index contributed by atoms with van der Waals surface area (Å²) in [5, 5.41) is 1.45. The Hall–Kier alpha value is -0.710. The molecule has 0 aliphatic rings. The second-order valence-electron chi connectivity index (χ2n) is 3.81. The first-order valence-corrected chi connectivity index (χ1v) is 7.35. The molecule has 2 rings (SSSR count). The van der Waals surface area contributed by atoms with Crippen LogP contribution in [0.3, 0.4) is 0 Å². The van der Waals surface area contributed by atoms with Gasteiger partial charge in [0.1, 0.15) is 0 Å². The highest BCUT2D eigenvalue weighted by Gasteiger charge is 2.07. The fourth-order valence-corrected chi connectivity index (χ4v) is 3.86. The molecule has 0 aliphatic heterocycles. The number of nitrogen functional groups attached to an aromatic ring is 1. The van der Waals surface area contributed by atoms with Crippen molar-refractivity contribution in [1.29, 1.82) is 0 Å². The second-order valence-corrected chi connectivity index (χ2v) is 6.49. The topological polar surface area (TPSA) is 38.9 Å². The van der Waals surface area contributed by atoms with E-state index in [2.05, 4.69) is 17.1 Å². The molecule has 0 radical (unpaired) electrons. The van der Waals surface area contributed by atoms with Crippen molar-refractivity contribution in [2.24, 2.45) is 0 Å². The van der Waals surface area contributed by atoms with E-state index in [4.69, 9.17) is 17.3 Å². The van der Waals surface area contributed by atoms with E-state index in [-0.39, 0.29) is 0 Å². The van der Waals surface area contributed by atoms with Gasteiger partial charge in [-0.05, 0) is 31.0 Å². The molecule has 2 nitrogen and oxygen atoms in total. The third-order valence-corrected chi connectivity index (χ3v) is 5.09. The lowest BCUT2D eigenvalue weighted by atomic mass is 10.2. The van der Waals surface area contributed by atoms with E-state index in [0.717, 1.165) is 22.0 Å². The number of halogens is 1. The summed E-state index contributed by atoms with van der Waals surface area (Å²) < 4.78 is 1.17. The van der Waals surface area contributed by atoms with Crippen LogP contribution < -0.4 is 5.73 Å². The standard InChI is InChI=1S/C12H13ClN2S2/c1-7-3-4-9(10(13)5-7)6-16-11-8(2)15-12(14)17-11/h3-5H,6H2,1-2H3,(H2,14,15). The van der Waals surface area contributed by atoms with Crippen molar-refractivity contribution in [2.45, 2.75) is 23.8 Å². The first kappa shape index (κ1) is 12.7. The molecule has 0 fully saturated rings. The lowest BCUT2D eigenvalue weighted by Gasteiger charge is -2.04. The molecule has 0 unspecified atom stereocenters. The predicted octanol–water partition coefficient (Wildman–Crippen LogP) is 4.29. The summed E-state index contributed by atoms with van der Waals surface area (Å²) >= 11 is 9.45. The van der Waals surface area contributed by atoms with E-state index >= 15 is 0 Å². The van der Waals surface area contributed by atoms with Crippen LogP contribution in [0.15, 0.2) is 22.4 Å². The fourth-order valence-electron chi connectivity index (χ4n) is 1.45.